The lowest BCUT2D eigenvalue weighted by atomic mass is 10.1. The van der Waals surface area contributed by atoms with Gasteiger partial charge in [-0.2, -0.15) is 0 Å². The average Bonchev–Trinajstić information content (AvgIpc) is 2.63. The van der Waals surface area contributed by atoms with Crippen molar-refractivity contribution in [2.75, 3.05) is 13.9 Å². The summed E-state index contributed by atoms with van der Waals surface area (Å²) >= 11 is 0. The number of carbonyl (C=O) groups is 1. The normalized spacial score (nSPS) is 10.7. The van der Waals surface area contributed by atoms with Crippen LogP contribution in [0.2, 0.25) is 0 Å². The van der Waals surface area contributed by atoms with Crippen LogP contribution < -0.4 is 4.74 Å². The van der Waals surface area contributed by atoms with Gasteiger partial charge in [0.15, 0.2) is 6.79 Å². The molecule has 0 amide bonds. The van der Waals surface area contributed by atoms with E-state index < -0.39 is 5.97 Å². The molecule has 0 aliphatic heterocycles. The molecule has 0 spiro atoms. The first-order chi connectivity index (χ1) is 8.13. The highest BCUT2D eigenvalue weighted by molar-refractivity contribution is 5.94. The number of carboxylic acid groups (broad SMARTS) is 1. The Hall–Kier alpha value is -2.08. The minimum Gasteiger partial charge on any atom is -0.478 e. The second kappa shape index (κ2) is 4.42. The first kappa shape index (κ1) is 11.4. The smallest absolute Gasteiger partial charge is 0.335 e. The first-order valence-corrected chi connectivity index (χ1v) is 4.95. The highest BCUT2D eigenvalue weighted by Gasteiger charge is 2.12. The maximum Gasteiger partial charge on any atom is 0.335 e. The Labute approximate surface area is 97.4 Å². The summed E-state index contributed by atoms with van der Waals surface area (Å²) in [4.78, 5) is 10.9. The van der Waals surface area contributed by atoms with Crippen LogP contribution >= 0.6 is 0 Å². The van der Waals surface area contributed by atoms with Crippen LogP contribution in [0.15, 0.2) is 18.2 Å². The molecule has 2 rings (SSSR count). The van der Waals surface area contributed by atoms with Gasteiger partial charge in [-0.15, -0.1) is 5.10 Å². The van der Waals surface area contributed by atoms with E-state index in [1.165, 1.54) is 13.2 Å². The summed E-state index contributed by atoms with van der Waals surface area (Å²) in [5, 5.41) is 13.8. The molecule has 1 N–H and O–H groups in total. The van der Waals surface area contributed by atoms with Crippen LogP contribution in [0.25, 0.3) is 10.9 Å². The summed E-state index contributed by atoms with van der Waals surface area (Å²) in [5.74, 6) is -0.534. The standard InChI is InChI=1S/C11H12N2O4/c1-13-9-5-7(11(14)15)3-4-8(9)10(12-13)17-6-16-2/h3-5H,6H2,1-2H3,(H,14,15). The number of carboxylic acids is 1. The molecular formula is C11H12N2O4. The fourth-order valence-electron chi connectivity index (χ4n) is 1.58. The van der Waals surface area contributed by atoms with Crippen LogP contribution in [-0.4, -0.2) is 34.8 Å². The Balaban J connectivity index is 2.49. The van der Waals surface area contributed by atoms with E-state index in [0.29, 0.717) is 11.4 Å². The molecule has 2 aromatic rings. The number of aryl methyl sites for hydroxylation is 1. The predicted octanol–water partition coefficient (Wildman–Crippen LogP) is 1.25. The third kappa shape index (κ3) is 2.07. The van der Waals surface area contributed by atoms with Gasteiger partial charge < -0.3 is 14.6 Å². The van der Waals surface area contributed by atoms with Crippen LogP contribution in [0.4, 0.5) is 0 Å². The SMILES string of the molecule is COCOc1nn(C)c2cc(C(=O)O)ccc12. The molecule has 0 saturated carbocycles. The van der Waals surface area contributed by atoms with Gasteiger partial charge in [0, 0.05) is 14.2 Å². The van der Waals surface area contributed by atoms with Crippen LogP contribution in [0, 0.1) is 0 Å². The zero-order valence-corrected chi connectivity index (χ0v) is 9.51. The summed E-state index contributed by atoms with van der Waals surface area (Å²) in [5.41, 5.74) is 0.926. The monoisotopic (exact) mass is 236 g/mol. The minimum atomic E-state index is -0.965. The zero-order valence-electron chi connectivity index (χ0n) is 9.51. The van der Waals surface area contributed by atoms with E-state index in [1.807, 2.05) is 0 Å². The Kier molecular flexibility index (Phi) is 2.97. The summed E-state index contributed by atoms with van der Waals surface area (Å²) < 4.78 is 11.7. The second-order valence-corrected chi connectivity index (χ2v) is 3.52. The van der Waals surface area contributed by atoms with Crippen molar-refractivity contribution in [3.63, 3.8) is 0 Å². The Bertz CT molecular complexity index is 562. The molecule has 0 bridgehead atoms. The number of hydrogen-bond donors (Lipinski definition) is 1. The van der Waals surface area contributed by atoms with Gasteiger partial charge in [0.25, 0.3) is 0 Å². The van der Waals surface area contributed by atoms with Crippen LogP contribution in [0.3, 0.4) is 0 Å². The highest BCUT2D eigenvalue weighted by atomic mass is 16.7. The van der Waals surface area contributed by atoms with E-state index in [1.54, 1.807) is 23.9 Å². The molecule has 0 radical (unpaired) electrons. The van der Waals surface area contributed by atoms with Gasteiger partial charge in [0.05, 0.1) is 16.5 Å². The number of fused-ring (bicyclic) bond motifs is 1. The van der Waals surface area contributed by atoms with Crippen LogP contribution in [0.5, 0.6) is 5.88 Å². The second-order valence-electron chi connectivity index (χ2n) is 3.52. The lowest BCUT2D eigenvalue weighted by Gasteiger charge is -2.00. The van der Waals surface area contributed by atoms with Gasteiger partial charge in [-0.1, -0.05) is 0 Å². The molecule has 1 aromatic carbocycles. The number of ether oxygens (including phenoxy) is 2. The van der Waals surface area contributed by atoms with Crippen molar-refractivity contribution in [1.82, 2.24) is 9.78 Å². The highest BCUT2D eigenvalue weighted by Crippen LogP contribution is 2.25. The number of aromatic nitrogens is 2. The molecule has 1 heterocycles. The molecule has 0 saturated heterocycles. The number of nitrogens with zero attached hydrogens (tertiary/aromatic N) is 2. The average molecular weight is 236 g/mol. The van der Waals surface area contributed by atoms with Gasteiger partial charge in [-0.05, 0) is 18.2 Å². The van der Waals surface area contributed by atoms with Gasteiger partial charge in [0.2, 0.25) is 5.88 Å². The molecule has 0 unspecified atom stereocenters. The van der Waals surface area contributed by atoms with Gasteiger partial charge >= 0.3 is 5.97 Å². The third-order valence-corrected chi connectivity index (χ3v) is 2.38. The van der Waals surface area contributed by atoms with Crippen molar-refractivity contribution < 1.29 is 19.4 Å². The summed E-state index contributed by atoms with van der Waals surface area (Å²) in [7, 11) is 3.25. The van der Waals surface area contributed by atoms with Gasteiger partial charge in [-0.3, -0.25) is 4.68 Å². The summed E-state index contributed by atoms with van der Waals surface area (Å²) in [6, 6.07) is 4.76. The largest absolute Gasteiger partial charge is 0.478 e. The quantitative estimate of drug-likeness (QED) is 0.809. The van der Waals surface area contributed by atoms with Crippen molar-refractivity contribution >= 4 is 16.9 Å². The fourth-order valence-corrected chi connectivity index (χ4v) is 1.58. The lowest BCUT2D eigenvalue weighted by Crippen LogP contribution is -2.00. The molecule has 90 valence electrons. The van der Waals surface area contributed by atoms with Crippen molar-refractivity contribution in [3.8, 4) is 5.88 Å². The third-order valence-electron chi connectivity index (χ3n) is 2.38. The maximum absolute atomic E-state index is 10.9. The number of rotatable bonds is 4. The molecule has 6 heteroatoms. The fraction of sp³-hybridized carbons (Fsp3) is 0.273. The molecule has 0 aliphatic rings. The molecule has 0 aliphatic carbocycles. The van der Waals surface area contributed by atoms with Gasteiger partial charge in [0.1, 0.15) is 0 Å². The molecule has 6 nitrogen and oxygen atoms in total. The van der Waals surface area contributed by atoms with Crippen LogP contribution in [0.1, 0.15) is 10.4 Å². The molecule has 0 fully saturated rings. The number of benzene rings is 1. The zero-order chi connectivity index (χ0) is 12.4. The van der Waals surface area contributed by atoms with E-state index in [-0.39, 0.29) is 12.4 Å². The van der Waals surface area contributed by atoms with E-state index in [9.17, 15) is 4.79 Å². The van der Waals surface area contributed by atoms with Crippen molar-refractivity contribution in [2.45, 2.75) is 0 Å². The van der Waals surface area contributed by atoms with Crippen molar-refractivity contribution in [3.05, 3.63) is 23.8 Å². The Morgan fingerprint density at radius 2 is 2.29 bits per heavy atom. The minimum absolute atomic E-state index is 0.104. The Morgan fingerprint density at radius 3 is 2.94 bits per heavy atom. The summed E-state index contributed by atoms with van der Waals surface area (Å²) in [6.07, 6.45) is 0. The summed E-state index contributed by atoms with van der Waals surface area (Å²) in [6.45, 7) is 0.104. The number of aromatic carboxylic acids is 1. The van der Waals surface area contributed by atoms with Crippen LogP contribution in [-0.2, 0) is 11.8 Å². The maximum atomic E-state index is 10.9. The van der Waals surface area contributed by atoms with E-state index in [2.05, 4.69) is 5.10 Å². The van der Waals surface area contributed by atoms with E-state index in [4.69, 9.17) is 14.6 Å². The van der Waals surface area contributed by atoms with Crippen molar-refractivity contribution in [1.29, 1.82) is 0 Å². The number of methoxy groups -OCH3 is 1. The molecule has 0 atom stereocenters. The first-order valence-electron chi connectivity index (χ1n) is 4.95. The van der Waals surface area contributed by atoms with E-state index in [0.717, 1.165) is 5.39 Å². The molecular weight excluding hydrogens is 224 g/mol. The topological polar surface area (TPSA) is 73.6 Å². The molecule has 17 heavy (non-hydrogen) atoms. The Morgan fingerprint density at radius 1 is 1.53 bits per heavy atom. The van der Waals surface area contributed by atoms with E-state index >= 15 is 0 Å². The molecule has 1 aromatic heterocycles. The predicted molar refractivity (Wildman–Crippen MR) is 60.2 cm³/mol. The number of hydrogen-bond acceptors (Lipinski definition) is 4. The lowest BCUT2D eigenvalue weighted by molar-refractivity contribution is 0.0484. The van der Waals surface area contributed by atoms with Gasteiger partial charge in [-0.25, -0.2) is 4.79 Å². The van der Waals surface area contributed by atoms with Crippen molar-refractivity contribution in [2.24, 2.45) is 7.05 Å².